The predicted octanol–water partition coefficient (Wildman–Crippen LogP) is 1.31. The van der Waals surface area contributed by atoms with E-state index in [0.29, 0.717) is 12.1 Å². The second kappa shape index (κ2) is 6.21. The van der Waals surface area contributed by atoms with Crippen LogP contribution < -0.4 is 5.32 Å². The number of carboxylic acid groups (broad SMARTS) is 1. The van der Waals surface area contributed by atoms with Gasteiger partial charge in [0.1, 0.15) is 6.04 Å². The van der Waals surface area contributed by atoms with Crippen LogP contribution in [0.25, 0.3) is 0 Å². The van der Waals surface area contributed by atoms with Crippen molar-refractivity contribution in [3.8, 4) is 0 Å². The van der Waals surface area contributed by atoms with Crippen LogP contribution in [0.5, 0.6) is 0 Å². The minimum Gasteiger partial charge on any atom is -0.480 e. The number of likely N-dealkylation sites (tertiary alicyclic amines) is 1. The number of nitrogens with one attached hydrogen (secondary N) is 1. The van der Waals surface area contributed by atoms with Crippen molar-refractivity contribution >= 4 is 5.97 Å². The first kappa shape index (κ1) is 13.5. The van der Waals surface area contributed by atoms with E-state index in [-0.39, 0.29) is 6.04 Å². The van der Waals surface area contributed by atoms with Crippen LogP contribution in [0.4, 0.5) is 0 Å². The van der Waals surface area contributed by atoms with Gasteiger partial charge in [0, 0.05) is 18.6 Å². The van der Waals surface area contributed by atoms with Gasteiger partial charge in [0.2, 0.25) is 0 Å². The molecular formula is C12H24N2O2. The Morgan fingerprint density at radius 2 is 2.12 bits per heavy atom. The summed E-state index contributed by atoms with van der Waals surface area (Å²) in [4.78, 5) is 13.1. The Balaban J connectivity index is 2.53. The standard InChI is InChI=1S/C12H24N2O2/c1-9(2)13-8-11-6-4-5-7-14(11)10(3)12(15)16/h9-11,13H,4-8H2,1-3H3,(H,15,16). The molecule has 1 rings (SSSR count). The quantitative estimate of drug-likeness (QED) is 0.745. The lowest BCUT2D eigenvalue weighted by molar-refractivity contribution is -0.144. The van der Waals surface area contributed by atoms with Crippen molar-refractivity contribution in [1.82, 2.24) is 10.2 Å². The third-order valence-electron chi connectivity index (χ3n) is 3.29. The van der Waals surface area contributed by atoms with Crippen molar-refractivity contribution in [2.75, 3.05) is 13.1 Å². The van der Waals surface area contributed by atoms with Gasteiger partial charge in [-0.2, -0.15) is 0 Å². The average molecular weight is 228 g/mol. The molecule has 1 aliphatic rings. The third-order valence-corrected chi connectivity index (χ3v) is 3.29. The third kappa shape index (κ3) is 3.76. The maximum absolute atomic E-state index is 11.0. The largest absolute Gasteiger partial charge is 0.480 e. The van der Waals surface area contributed by atoms with Crippen molar-refractivity contribution in [2.45, 2.75) is 58.2 Å². The Morgan fingerprint density at radius 3 is 2.69 bits per heavy atom. The van der Waals surface area contributed by atoms with E-state index in [0.717, 1.165) is 25.9 Å². The van der Waals surface area contributed by atoms with Crippen LogP contribution in [0.3, 0.4) is 0 Å². The van der Waals surface area contributed by atoms with E-state index in [1.54, 1.807) is 6.92 Å². The maximum atomic E-state index is 11.0. The summed E-state index contributed by atoms with van der Waals surface area (Å²) >= 11 is 0. The van der Waals surface area contributed by atoms with Crippen molar-refractivity contribution in [1.29, 1.82) is 0 Å². The molecule has 94 valence electrons. The summed E-state index contributed by atoms with van der Waals surface area (Å²) in [5, 5.41) is 12.5. The van der Waals surface area contributed by atoms with Crippen LogP contribution in [0, 0.1) is 0 Å². The van der Waals surface area contributed by atoms with Gasteiger partial charge in [-0.3, -0.25) is 9.69 Å². The molecule has 0 aromatic carbocycles. The molecule has 0 aromatic rings. The molecular weight excluding hydrogens is 204 g/mol. The van der Waals surface area contributed by atoms with E-state index in [1.807, 2.05) is 0 Å². The minimum absolute atomic E-state index is 0.362. The molecule has 2 unspecified atom stereocenters. The van der Waals surface area contributed by atoms with Gasteiger partial charge in [-0.05, 0) is 26.3 Å². The van der Waals surface area contributed by atoms with Crippen molar-refractivity contribution in [3.63, 3.8) is 0 Å². The lowest BCUT2D eigenvalue weighted by Crippen LogP contribution is -2.52. The number of hydrogen-bond donors (Lipinski definition) is 2. The molecule has 1 fully saturated rings. The molecule has 0 amide bonds. The highest BCUT2D eigenvalue weighted by Crippen LogP contribution is 2.19. The molecule has 0 radical (unpaired) electrons. The molecule has 0 saturated carbocycles. The summed E-state index contributed by atoms with van der Waals surface area (Å²) in [6.45, 7) is 7.84. The highest BCUT2D eigenvalue weighted by atomic mass is 16.4. The van der Waals surface area contributed by atoms with E-state index >= 15 is 0 Å². The lowest BCUT2D eigenvalue weighted by Gasteiger charge is -2.38. The van der Waals surface area contributed by atoms with E-state index in [1.165, 1.54) is 6.42 Å². The van der Waals surface area contributed by atoms with Crippen LogP contribution in [-0.4, -0.2) is 47.2 Å². The van der Waals surface area contributed by atoms with E-state index in [4.69, 9.17) is 5.11 Å². The maximum Gasteiger partial charge on any atom is 0.320 e. The lowest BCUT2D eigenvalue weighted by atomic mass is 10.00. The molecule has 2 atom stereocenters. The van der Waals surface area contributed by atoms with Crippen LogP contribution in [0.15, 0.2) is 0 Å². The Hall–Kier alpha value is -0.610. The molecule has 4 heteroatoms. The highest BCUT2D eigenvalue weighted by Gasteiger charge is 2.29. The van der Waals surface area contributed by atoms with Gasteiger partial charge in [-0.1, -0.05) is 20.3 Å². The first-order chi connectivity index (χ1) is 7.52. The van der Waals surface area contributed by atoms with E-state index in [9.17, 15) is 4.79 Å². The average Bonchev–Trinajstić information content (AvgIpc) is 2.25. The Labute approximate surface area is 98.0 Å². The molecule has 1 saturated heterocycles. The van der Waals surface area contributed by atoms with Gasteiger partial charge < -0.3 is 10.4 Å². The van der Waals surface area contributed by atoms with E-state index in [2.05, 4.69) is 24.1 Å². The van der Waals surface area contributed by atoms with Crippen molar-refractivity contribution < 1.29 is 9.90 Å². The second-order valence-corrected chi connectivity index (χ2v) is 4.96. The van der Waals surface area contributed by atoms with Crippen LogP contribution in [-0.2, 0) is 4.79 Å². The summed E-state index contributed by atoms with van der Waals surface area (Å²) in [7, 11) is 0. The summed E-state index contributed by atoms with van der Waals surface area (Å²) in [5.74, 6) is -0.712. The van der Waals surface area contributed by atoms with Gasteiger partial charge in [0.25, 0.3) is 0 Å². The van der Waals surface area contributed by atoms with Crippen molar-refractivity contribution in [2.24, 2.45) is 0 Å². The van der Waals surface area contributed by atoms with Crippen molar-refractivity contribution in [3.05, 3.63) is 0 Å². The predicted molar refractivity (Wildman–Crippen MR) is 64.6 cm³/mol. The molecule has 16 heavy (non-hydrogen) atoms. The zero-order valence-electron chi connectivity index (χ0n) is 10.6. The Kier molecular flexibility index (Phi) is 5.22. The molecule has 0 spiro atoms. The number of hydrogen-bond acceptors (Lipinski definition) is 3. The van der Waals surface area contributed by atoms with Gasteiger partial charge in [0.15, 0.2) is 0 Å². The summed E-state index contributed by atoms with van der Waals surface area (Å²) < 4.78 is 0. The summed E-state index contributed by atoms with van der Waals surface area (Å²) in [6.07, 6.45) is 3.44. The molecule has 0 aliphatic carbocycles. The zero-order chi connectivity index (χ0) is 12.1. The number of carbonyl (C=O) groups is 1. The number of rotatable bonds is 5. The molecule has 0 bridgehead atoms. The van der Waals surface area contributed by atoms with Gasteiger partial charge in [0.05, 0.1) is 0 Å². The summed E-state index contributed by atoms with van der Waals surface area (Å²) in [5.41, 5.74) is 0. The van der Waals surface area contributed by atoms with Gasteiger partial charge in [-0.15, -0.1) is 0 Å². The molecule has 0 aromatic heterocycles. The minimum atomic E-state index is -0.712. The molecule has 1 aliphatic heterocycles. The van der Waals surface area contributed by atoms with Crippen LogP contribution >= 0.6 is 0 Å². The number of nitrogens with zero attached hydrogens (tertiary/aromatic N) is 1. The Bertz CT molecular complexity index is 231. The number of aliphatic carboxylic acids is 1. The van der Waals surface area contributed by atoms with Crippen LogP contribution in [0.2, 0.25) is 0 Å². The zero-order valence-corrected chi connectivity index (χ0v) is 10.6. The highest BCUT2D eigenvalue weighted by molar-refractivity contribution is 5.72. The number of piperidine rings is 1. The first-order valence-electron chi connectivity index (χ1n) is 6.24. The Morgan fingerprint density at radius 1 is 1.44 bits per heavy atom. The normalized spacial score (nSPS) is 24.6. The fourth-order valence-electron chi connectivity index (χ4n) is 2.27. The molecule has 1 heterocycles. The number of carboxylic acids is 1. The van der Waals surface area contributed by atoms with Crippen LogP contribution in [0.1, 0.15) is 40.0 Å². The van der Waals surface area contributed by atoms with Gasteiger partial charge >= 0.3 is 5.97 Å². The fourth-order valence-corrected chi connectivity index (χ4v) is 2.27. The van der Waals surface area contributed by atoms with Gasteiger partial charge in [-0.25, -0.2) is 0 Å². The molecule has 4 nitrogen and oxygen atoms in total. The monoisotopic (exact) mass is 228 g/mol. The topological polar surface area (TPSA) is 52.6 Å². The summed E-state index contributed by atoms with van der Waals surface area (Å²) in [6, 6.07) is 0.477. The smallest absolute Gasteiger partial charge is 0.320 e. The van der Waals surface area contributed by atoms with E-state index < -0.39 is 5.97 Å². The SMILES string of the molecule is CC(C)NCC1CCCCN1C(C)C(=O)O. The second-order valence-electron chi connectivity index (χ2n) is 4.96. The first-order valence-corrected chi connectivity index (χ1v) is 6.24. The molecule has 2 N–H and O–H groups in total. The fraction of sp³-hybridized carbons (Fsp3) is 0.917.